The molecule has 0 aliphatic heterocycles. The van der Waals surface area contributed by atoms with E-state index in [1.165, 1.54) is 14.2 Å². The lowest BCUT2D eigenvalue weighted by atomic mass is 9.82. The first-order valence-electron chi connectivity index (χ1n) is 8.26. The van der Waals surface area contributed by atoms with E-state index in [0.29, 0.717) is 36.3 Å². The maximum atomic E-state index is 12.5. The predicted molar refractivity (Wildman–Crippen MR) is 96.4 cm³/mol. The molecule has 1 rings (SSSR count). The van der Waals surface area contributed by atoms with Crippen LogP contribution in [0.4, 0.5) is 0 Å². The number of aliphatic carboxylic acids is 1. The molecule has 0 unspecified atom stereocenters. The second-order valence-electron chi connectivity index (χ2n) is 5.84. The van der Waals surface area contributed by atoms with Gasteiger partial charge in [-0.2, -0.15) is 0 Å². The highest BCUT2D eigenvalue weighted by Crippen LogP contribution is 2.33. The fourth-order valence-electron chi connectivity index (χ4n) is 2.71. The first-order chi connectivity index (χ1) is 11.9. The van der Waals surface area contributed by atoms with E-state index in [1.54, 1.807) is 18.2 Å². The van der Waals surface area contributed by atoms with Crippen LogP contribution >= 0.6 is 0 Å². The Morgan fingerprint density at radius 2 is 1.88 bits per heavy atom. The highest BCUT2D eigenvalue weighted by atomic mass is 16.5. The van der Waals surface area contributed by atoms with Gasteiger partial charge >= 0.3 is 5.97 Å². The molecule has 25 heavy (non-hydrogen) atoms. The van der Waals surface area contributed by atoms with E-state index >= 15 is 0 Å². The van der Waals surface area contributed by atoms with E-state index in [2.05, 4.69) is 11.9 Å². The molecule has 0 aromatic heterocycles. The third kappa shape index (κ3) is 4.53. The lowest BCUT2D eigenvalue weighted by Gasteiger charge is -2.27. The number of carbonyl (C=O) groups excluding carboxylic acids is 1. The number of hydrogen-bond donors (Lipinski definition) is 2. The Kier molecular flexibility index (Phi) is 7.48. The number of allylic oxidation sites excluding steroid dienone is 1. The van der Waals surface area contributed by atoms with Crippen LogP contribution in [0, 0.1) is 5.41 Å². The molecular weight excluding hydrogens is 322 g/mol. The molecule has 6 heteroatoms. The highest BCUT2D eigenvalue weighted by Gasteiger charge is 2.35. The van der Waals surface area contributed by atoms with Gasteiger partial charge < -0.3 is 19.9 Å². The molecule has 0 fully saturated rings. The summed E-state index contributed by atoms with van der Waals surface area (Å²) in [4.78, 5) is 24.1. The van der Waals surface area contributed by atoms with Crippen molar-refractivity contribution in [1.29, 1.82) is 0 Å². The summed E-state index contributed by atoms with van der Waals surface area (Å²) in [6, 6.07) is 3.29. The van der Waals surface area contributed by atoms with E-state index in [4.69, 9.17) is 9.47 Å². The number of nitrogens with one attached hydrogen (secondary N) is 1. The monoisotopic (exact) mass is 349 g/mol. The summed E-state index contributed by atoms with van der Waals surface area (Å²) >= 11 is 0. The van der Waals surface area contributed by atoms with E-state index in [-0.39, 0.29) is 12.5 Å². The van der Waals surface area contributed by atoms with Gasteiger partial charge in [-0.05, 0) is 31.4 Å². The molecule has 6 nitrogen and oxygen atoms in total. The zero-order valence-electron chi connectivity index (χ0n) is 15.3. The average molecular weight is 349 g/mol. The van der Waals surface area contributed by atoms with Crippen LogP contribution in [0.25, 0.3) is 0 Å². The zero-order valence-corrected chi connectivity index (χ0v) is 15.3. The van der Waals surface area contributed by atoms with Crippen molar-refractivity contribution in [3.63, 3.8) is 0 Å². The minimum absolute atomic E-state index is 0.0688. The smallest absolute Gasteiger partial charge is 0.311 e. The Morgan fingerprint density at radius 3 is 2.32 bits per heavy atom. The van der Waals surface area contributed by atoms with Gasteiger partial charge in [-0.15, -0.1) is 6.58 Å². The summed E-state index contributed by atoms with van der Waals surface area (Å²) in [7, 11) is 3.04. The van der Waals surface area contributed by atoms with Crippen LogP contribution < -0.4 is 14.8 Å². The zero-order chi connectivity index (χ0) is 19.0. The average Bonchev–Trinajstić information content (AvgIpc) is 2.62. The van der Waals surface area contributed by atoms with E-state index < -0.39 is 11.4 Å². The quantitative estimate of drug-likeness (QED) is 0.634. The van der Waals surface area contributed by atoms with Crippen LogP contribution in [-0.4, -0.2) is 37.7 Å². The Labute approximate surface area is 148 Å². The molecule has 0 spiro atoms. The van der Waals surface area contributed by atoms with E-state index in [0.717, 1.165) is 5.56 Å². The molecule has 138 valence electrons. The van der Waals surface area contributed by atoms with Crippen molar-refractivity contribution in [2.75, 3.05) is 20.8 Å². The summed E-state index contributed by atoms with van der Waals surface area (Å²) in [5.74, 6) is -0.250. The predicted octanol–water partition coefficient (Wildman–Crippen LogP) is 3.05. The van der Waals surface area contributed by atoms with Gasteiger partial charge in [-0.25, -0.2) is 0 Å². The maximum absolute atomic E-state index is 12.5. The Balaban J connectivity index is 3.11. The van der Waals surface area contributed by atoms with Crippen LogP contribution in [0.2, 0.25) is 0 Å². The summed E-state index contributed by atoms with van der Waals surface area (Å²) in [6.07, 6.45) is 3.10. The van der Waals surface area contributed by atoms with E-state index in [1.807, 2.05) is 13.8 Å². The molecule has 0 bridgehead atoms. The lowest BCUT2D eigenvalue weighted by molar-refractivity contribution is -0.149. The number of ether oxygens (including phenoxy) is 2. The molecule has 0 heterocycles. The van der Waals surface area contributed by atoms with Crippen LogP contribution in [0.15, 0.2) is 24.8 Å². The maximum Gasteiger partial charge on any atom is 0.311 e. The van der Waals surface area contributed by atoms with Crippen molar-refractivity contribution < 1.29 is 24.2 Å². The number of hydrogen-bond acceptors (Lipinski definition) is 4. The molecule has 0 aliphatic carbocycles. The highest BCUT2D eigenvalue weighted by molar-refractivity contribution is 5.95. The molecule has 0 saturated heterocycles. The van der Waals surface area contributed by atoms with E-state index in [9.17, 15) is 14.7 Å². The molecule has 0 radical (unpaired) electrons. The lowest BCUT2D eigenvalue weighted by Crippen LogP contribution is -2.42. The minimum atomic E-state index is -0.962. The first-order valence-corrected chi connectivity index (χ1v) is 8.26. The molecule has 1 aromatic rings. The number of carboxylic acid groups (broad SMARTS) is 1. The topological polar surface area (TPSA) is 84.9 Å². The fraction of sp³-hybridized carbons (Fsp3) is 0.474. The normalized spacial score (nSPS) is 10.9. The van der Waals surface area contributed by atoms with Gasteiger partial charge in [0.2, 0.25) is 0 Å². The minimum Gasteiger partial charge on any atom is -0.493 e. The Bertz CT molecular complexity index is 635. The van der Waals surface area contributed by atoms with Crippen LogP contribution in [-0.2, 0) is 11.2 Å². The van der Waals surface area contributed by atoms with Gasteiger partial charge in [0, 0.05) is 17.7 Å². The molecule has 0 saturated carbocycles. The van der Waals surface area contributed by atoms with Gasteiger partial charge in [0.15, 0.2) is 11.5 Å². The first kappa shape index (κ1) is 20.5. The molecular formula is C19H27NO5. The summed E-state index contributed by atoms with van der Waals surface area (Å²) < 4.78 is 10.7. The number of benzene rings is 1. The van der Waals surface area contributed by atoms with Crippen LogP contribution in [0.3, 0.4) is 0 Å². The number of rotatable bonds is 10. The van der Waals surface area contributed by atoms with Gasteiger partial charge in [-0.3, -0.25) is 9.59 Å². The Hall–Kier alpha value is -2.50. The van der Waals surface area contributed by atoms with Crippen molar-refractivity contribution in [2.24, 2.45) is 5.41 Å². The molecule has 0 aliphatic rings. The summed E-state index contributed by atoms with van der Waals surface area (Å²) in [6.45, 7) is 7.39. The molecule has 1 aromatic carbocycles. The summed E-state index contributed by atoms with van der Waals surface area (Å²) in [5, 5.41) is 12.2. The number of carbonyl (C=O) groups is 2. The van der Waals surface area contributed by atoms with Gasteiger partial charge in [0.05, 0.1) is 19.6 Å². The number of methoxy groups -OCH3 is 2. The molecule has 0 atom stereocenters. The van der Waals surface area contributed by atoms with Crippen molar-refractivity contribution in [2.45, 2.75) is 33.1 Å². The van der Waals surface area contributed by atoms with Crippen LogP contribution in [0.1, 0.15) is 42.6 Å². The van der Waals surface area contributed by atoms with Crippen molar-refractivity contribution in [3.8, 4) is 11.5 Å². The third-order valence-corrected chi connectivity index (χ3v) is 4.58. The van der Waals surface area contributed by atoms with Crippen molar-refractivity contribution in [1.82, 2.24) is 5.32 Å². The fourth-order valence-corrected chi connectivity index (χ4v) is 2.71. The second kappa shape index (κ2) is 9.11. The number of carboxylic acids is 1. The van der Waals surface area contributed by atoms with Crippen molar-refractivity contribution in [3.05, 3.63) is 35.9 Å². The van der Waals surface area contributed by atoms with Gasteiger partial charge in [0.1, 0.15) is 0 Å². The summed E-state index contributed by atoms with van der Waals surface area (Å²) in [5.41, 5.74) is 0.203. The van der Waals surface area contributed by atoms with Crippen molar-refractivity contribution >= 4 is 11.9 Å². The second-order valence-corrected chi connectivity index (χ2v) is 5.84. The molecule has 1 amide bonds. The number of amides is 1. The third-order valence-electron chi connectivity index (χ3n) is 4.58. The largest absolute Gasteiger partial charge is 0.493 e. The van der Waals surface area contributed by atoms with Crippen LogP contribution in [0.5, 0.6) is 11.5 Å². The molecule has 2 N–H and O–H groups in total. The van der Waals surface area contributed by atoms with Gasteiger partial charge in [-0.1, -0.05) is 19.9 Å². The Morgan fingerprint density at radius 1 is 1.24 bits per heavy atom. The SMILES string of the molecule is C=CCc1cc(C(=O)NCC(CC)(CC)C(=O)O)cc(OC)c1OC. The van der Waals surface area contributed by atoms with Gasteiger partial charge in [0.25, 0.3) is 5.91 Å². The standard InChI is InChI=1S/C19H27NO5/c1-6-9-13-10-14(11-15(24-4)16(13)25-5)17(21)20-12-19(7-2,8-3)18(22)23/h6,10-11H,1,7-9,12H2,2-5H3,(H,20,21)(H,22,23).